The van der Waals surface area contributed by atoms with Crippen molar-refractivity contribution in [3.63, 3.8) is 0 Å². The van der Waals surface area contributed by atoms with Crippen molar-refractivity contribution >= 4 is 23.6 Å². The summed E-state index contributed by atoms with van der Waals surface area (Å²) < 4.78 is 2.32. The van der Waals surface area contributed by atoms with Gasteiger partial charge in [-0.1, -0.05) is 25.1 Å². The molecule has 3 heterocycles. The molecular weight excluding hydrogens is 322 g/mol. The van der Waals surface area contributed by atoms with Gasteiger partial charge in [0.05, 0.1) is 5.25 Å². The van der Waals surface area contributed by atoms with Gasteiger partial charge in [-0.05, 0) is 44.4 Å². The topological polar surface area (TPSA) is 63.1 Å². The van der Waals surface area contributed by atoms with E-state index in [1.165, 1.54) is 25.7 Å². The van der Waals surface area contributed by atoms with Gasteiger partial charge in [0.2, 0.25) is 11.9 Å². The minimum Gasteiger partial charge on any atom is -0.355 e. The molecule has 1 atom stereocenters. The summed E-state index contributed by atoms with van der Waals surface area (Å²) in [6.45, 7) is 5.28. The molecule has 132 valence electrons. The fourth-order valence-corrected chi connectivity index (χ4v) is 4.74. The Bertz CT molecular complexity index is 592. The van der Waals surface area contributed by atoms with Crippen LogP contribution in [0.4, 0.5) is 5.95 Å². The number of hydrogen-bond acceptors (Lipinski definition) is 5. The van der Waals surface area contributed by atoms with E-state index in [4.69, 9.17) is 0 Å². The number of carbonyl (C=O) groups is 1. The fraction of sp³-hybridized carbons (Fsp3) is 0.824. The van der Waals surface area contributed by atoms with Gasteiger partial charge in [0.25, 0.3) is 0 Å². The second-order valence-corrected chi connectivity index (χ2v) is 8.62. The van der Waals surface area contributed by atoms with E-state index in [0.717, 1.165) is 55.9 Å². The van der Waals surface area contributed by atoms with E-state index < -0.39 is 0 Å². The van der Waals surface area contributed by atoms with E-state index in [9.17, 15) is 4.79 Å². The summed E-state index contributed by atoms with van der Waals surface area (Å²) in [5, 5.41) is 13.0. The summed E-state index contributed by atoms with van der Waals surface area (Å²) in [7, 11) is 0. The molecule has 2 saturated heterocycles. The molecule has 0 spiro atoms. The molecule has 1 aliphatic carbocycles. The average molecular weight is 350 g/mol. The molecule has 6 nitrogen and oxygen atoms in total. The highest BCUT2D eigenvalue weighted by Gasteiger charge is 2.34. The maximum Gasteiger partial charge on any atom is 0.233 e. The Morgan fingerprint density at radius 3 is 2.62 bits per heavy atom. The highest BCUT2D eigenvalue weighted by Crippen LogP contribution is 2.42. The molecule has 1 N–H and O–H groups in total. The minimum atomic E-state index is -0.0246. The number of amides is 1. The summed E-state index contributed by atoms with van der Waals surface area (Å²) in [5.74, 6) is 2.00. The number of hydrogen-bond donors (Lipinski definition) is 1. The van der Waals surface area contributed by atoms with Crippen LogP contribution in [0.3, 0.4) is 0 Å². The van der Waals surface area contributed by atoms with Gasteiger partial charge in [-0.3, -0.25) is 9.36 Å². The molecule has 3 fully saturated rings. The third-order valence-electron chi connectivity index (χ3n) is 5.36. The lowest BCUT2D eigenvalue weighted by molar-refractivity contribution is -0.120. The number of thioether (sulfide) groups is 1. The van der Waals surface area contributed by atoms with Gasteiger partial charge in [0.15, 0.2) is 5.16 Å². The number of piperidine rings is 1. The molecule has 3 aliphatic rings. The van der Waals surface area contributed by atoms with Crippen molar-refractivity contribution in [2.24, 2.45) is 5.92 Å². The van der Waals surface area contributed by atoms with Crippen LogP contribution < -0.4 is 10.2 Å². The Labute approximate surface area is 147 Å². The molecule has 1 saturated carbocycles. The number of aromatic nitrogens is 3. The van der Waals surface area contributed by atoms with E-state index in [1.807, 2.05) is 0 Å². The van der Waals surface area contributed by atoms with Gasteiger partial charge >= 0.3 is 0 Å². The Kier molecular flexibility index (Phi) is 4.70. The molecule has 1 aromatic rings. The van der Waals surface area contributed by atoms with Crippen molar-refractivity contribution in [1.82, 2.24) is 20.1 Å². The molecule has 4 rings (SSSR count). The monoisotopic (exact) mass is 349 g/mol. The minimum absolute atomic E-state index is 0.0246. The Balaban J connectivity index is 1.54. The number of rotatable bonds is 4. The first kappa shape index (κ1) is 16.2. The molecule has 0 aromatic carbocycles. The Morgan fingerprint density at radius 2 is 1.88 bits per heavy atom. The van der Waals surface area contributed by atoms with Gasteiger partial charge in [-0.15, -0.1) is 10.2 Å². The van der Waals surface area contributed by atoms with Crippen LogP contribution in [-0.2, 0) is 4.79 Å². The molecule has 0 bridgehead atoms. The summed E-state index contributed by atoms with van der Waals surface area (Å²) in [5.41, 5.74) is 0. The summed E-state index contributed by atoms with van der Waals surface area (Å²) in [4.78, 5) is 14.7. The van der Waals surface area contributed by atoms with Crippen LogP contribution in [-0.4, -0.2) is 45.6 Å². The molecule has 24 heavy (non-hydrogen) atoms. The van der Waals surface area contributed by atoms with Gasteiger partial charge < -0.3 is 10.2 Å². The van der Waals surface area contributed by atoms with Crippen molar-refractivity contribution in [1.29, 1.82) is 0 Å². The standard InChI is InChI=1S/C17H27N5OS/c1-12-7-10-21(11-8-12)16-19-20-17(22(16)13-5-6-13)24-14-4-2-3-9-18-15(14)23/h12-14H,2-11H2,1H3,(H,18,23)/t14-/m0/s1. The van der Waals surface area contributed by atoms with E-state index in [1.54, 1.807) is 11.8 Å². The van der Waals surface area contributed by atoms with Crippen LogP contribution in [0.2, 0.25) is 0 Å². The van der Waals surface area contributed by atoms with E-state index in [-0.39, 0.29) is 11.2 Å². The van der Waals surface area contributed by atoms with Crippen LogP contribution in [0.25, 0.3) is 0 Å². The number of carbonyl (C=O) groups excluding carboxylic acids is 1. The van der Waals surface area contributed by atoms with Crippen LogP contribution in [0.5, 0.6) is 0 Å². The van der Waals surface area contributed by atoms with Crippen molar-refractivity contribution < 1.29 is 4.79 Å². The van der Waals surface area contributed by atoms with Gasteiger partial charge in [0, 0.05) is 25.7 Å². The molecular formula is C17H27N5OS. The van der Waals surface area contributed by atoms with Gasteiger partial charge in [-0.2, -0.15) is 0 Å². The second kappa shape index (κ2) is 6.94. The molecule has 0 radical (unpaired) electrons. The van der Waals surface area contributed by atoms with Crippen molar-refractivity contribution in [3.8, 4) is 0 Å². The van der Waals surface area contributed by atoms with E-state index in [2.05, 4.69) is 31.9 Å². The maximum atomic E-state index is 12.3. The highest BCUT2D eigenvalue weighted by molar-refractivity contribution is 8.00. The Hall–Kier alpha value is -1.24. The van der Waals surface area contributed by atoms with Crippen molar-refractivity contribution in [3.05, 3.63) is 0 Å². The zero-order valence-electron chi connectivity index (χ0n) is 14.4. The normalized spacial score (nSPS) is 26.3. The van der Waals surface area contributed by atoms with Crippen molar-refractivity contribution in [2.45, 2.75) is 68.3 Å². The lowest BCUT2D eigenvalue weighted by Gasteiger charge is -2.31. The first-order valence-electron chi connectivity index (χ1n) is 9.36. The molecule has 0 unspecified atom stereocenters. The average Bonchev–Trinajstić information content (AvgIpc) is 3.36. The van der Waals surface area contributed by atoms with E-state index in [0.29, 0.717) is 6.04 Å². The van der Waals surface area contributed by atoms with Crippen LogP contribution in [0.15, 0.2) is 5.16 Å². The first-order chi connectivity index (χ1) is 11.7. The quantitative estimate of drug-likeness (QED) is 0.905. The molecule has 1 aromatic heterocycles. The third-order valence-corrected chi connectivity index (χ3v) is 6.58. The Morgan fingerprint density at radius 1 is 1.08 bits per heavy atom. The summed E-state index contributed by atoms with van der Waals surface area (Å²) in [6.07, 6.45) is 7.99. The molecule has 2 aliphatic heterocycles. The number of nitrogens with one attached hydrogen (secondary N) is 1. The predicted molar refractivity (Wildman–Crippen MR) is 95.4 cm³/mol. The lowest BCUT2D eigenvalue weighted by Crippen LogP contribution is -2.35. The maximum absolute atomic E-state index is 12.3. The third kappa shape index (κ3) is 3.41. The summed E-state index contributed by atoms with van der Waals surface area (Å²) in [6, 6.07) is 0.533. The largest absolute Gasteiger partial charge is 0.355 e. The van der Waals surface area contributed by atoms with Crippen molar-refractivity contribution in [2.75, 3.05) is 24.5 Å². The van der Waals surface area contributed by atoms with E-state index >= 15 is 0 Å². The van der Waals surface area contributed by atoms with Crippen LogP contribution >= 0.6 is 11.8 Å². The summed E-state index contributed by atoms with van der Waals surface area (Å²) >= 11 is 1.62. The zero-order chi connectivity index (χ0) is 16.5. The number of nitrogens with zero attached hydrogens (tertiary/aromatic N) is 4. The zero-order valence-corrected chi connectivity index (χ0v) is 15.2. The SMILES string of the molecule is CC1CCN(c2nnc(S[C@H]3CCCCNC3=O)n2C2CC2)CC1. The molecule has 1 amide bonds. The van der Waals surface area contributed by atoms with Crippen LogP contribution in [0.1, 0.15) is 57.9 Å². The number of anilines is 1. The predicted octanol–water partition coefficient (Wildman–Crippen LogP) is 2.61. The second-order valence-electron chi connectivity index (χ2n) is 7.45. The lowest BCUT2D eigenvalue weighted by atomic mass is 10.00. The molecule has 7 heteroatoms. The van der Waals surface area contributed by atoms with Gasteiger partial charge in [0.1, 0.15) is 0 Å². The highest BCUT2D eigenvalue weighted by atomic mass is 32.2. The fourth-order valence-electron chi connectivity index (χ4n) is 3.58. The van der Waals surface area contributed by atoms with Crippen LogP contribution in [0, 0.1) is 5.92 Å². The smallest absolute Gasteiger partial charge is 0.233 e. The first-order valence-corrected chi connectivity index (χ1v) is 10.2. The van der Waals surface area contributed by atoms with Gasteiger partial charge in [-0.25, -0.2) is 0 Å².